The molecular weight excluding hydrogens is 220 g/mol. The molecule has 1 saturated heterocycles. The van der Waals surface area contributed by atoms with Crippen molar-refractivity contribution in [3.8, 4) is 0 Å². The van der Waals surface area contributed by atoms with Crippen LogP contribution in [-0.4, -0.2) is 29.2 Å². The first-order valence-electron chi connectivity index (χ1n) is 5.49. The average molecular weight is 234 g/mol. The van der Waals surface area contributed by atoms with Gasteiger partial charge in [0, 0.05) is 12.5 Å². The molecule has 5 heteroatoms. The summed E-state index contributed by atoms with van der Waals surface area (Å²) < 4.78 is 0. The predicted octanol–water partition coefficient (Wildman–Crippen LogP) is 1.78. The molecule has 2 unspecified atom stereocenters. The van der Waals surface area contributed by atoms with Gasteiger partial charge < -0.3 is 5.11 Å². The van der Waals surface area contributed by atoms with Gasteiger partial charge in [0.2, 0.25) is 0 Å². The molecule has 2 atom stereocenters. The highest BCUT2D eigenvalue weighted by Crippen LogP contribution is 2.33. The van der Waals surface area contributed by atoms with E-state index in [2.05, 4.69) is 5.29 Å². The van der Waals surface area contributed by atoms with Gasteiger partial charge >= 0.3 is 5.97 Å². The van der Waals surface area contributed by atoms with E-state index in [1.807, 2.05) is 31.2 Å². The molecule has 1 heterocycles. The van der Waals surface area contributed by atoms with E-state index in [-0.39, 0.29) is 12.5 Å². The Morgan fingerprint density at radius 3 is 2.82 bits per heavy atom. The van der Waals surface area contributed by atoms with Crippen LogP contribution in [0.5, 0.6) is 0 Å². The third-order valence-electron chi connectivity index (χ3n) is 3.20. The molecule has 0 amide bonds. The second-order valence-corrected chi connectivity index (χ2v) is 4.42. The molecule has 0 aromatic heterocycles. The molecule has 1 aliphatic heterocycles. The zero-order valence-electron chi connectivity index (χ0n) is 9.54. The van der Waals surface area contributed by atoms with Crippen molar-refractivity contribution < 1.29 is 9.90 Å². The van der Waals surface area contributed by atoms with Crippen molar-refractivity contribution in [3.05, 3.63) is 40.3 Å². The van der Waals surface area contributed by atoms with Crippen LogP contribution in [0.25, 0.3) is 0 Å². The van der Waals surface area contributed by atoms with E-state index < -0.39 is 11.9 Å². The average Bonchev–Trinajstić information content (AvgIpc) is 2.73. The SMILES string of the molecule is Cc1cccc(C2CN(N=O)CC2C(=O)O)c1. The number of benzene rings is 1. The maximum absolute atomic E-state index is 11.2. The van der Waals surface area contributed by atoms with Crippen LogP contribution in [0.2, 0.25) is 0 Å². The lowest BCUT2D eigenvalue weighted by molar-refractivity contribution is -0.141. The summed E-state index contributed by atoms with van der Waals surface area (Å²) in [6, 6.07) is 7.74. The zero-order valence-corrected chi connectivity index (χ0v) is 9.54. The van der Waals surface area contributed by atoms with Gasteiger partial charge in [-0.3, -0.25) is 9.80 Å². The summed E-state index contributed by atoms with van der Waals surface area (Å²) in [5.74, 6) is -1.60. The number of aryl methyl sites for hydroxylation is 1. The number of carboxylic acids is 1. The molecule has 2 rings (SSSR count). The Balaban J connectivity index is 2.29. The lowest BCUT2D eigenvalue weighted by atomic mass is 9.88. The van der Waals surface area contributed by atoms with Crippen molar-refractivity contribution >= 4 is 5.97 Å². The molecule has 0 saturated carbocycles. The third kappa shape index (κ3) is 2.27. The number of carbonyl (C=O) groups is 1. The summed E-state index contributed by atoms with van der Waals surface area (Å²) in [5, 5.41) is 13.3. The largest absolute Gasteiger partial charge is 0.481 e. The van der Waals surface area contributed by atoms with Gasteiger partial charge in [0.15, 0.2) is 0 Å². The topological polar surface area (TPSA) is 70.0 Å². The van der Waals surface area contributed by atoms with Gasteiger partial charge in [-0.15, -0.1) is 4.91 Å². The minimum Gasteiger partial charge on any atom is -0.481 e. The number of nitrogens with zero attached hydrogens (tertiary/aromatic N) is 2. The molecule has 1 aromatic rings. The monoisotopic (exact) mass is 234 g/mol. The van der Waals surface area contributed by atoms with Crippen molar-refractivity contribution in [3.63, 3.8) is 0 Å². The smallest absolute Gasteiger partial charge is 0.309 e. The Labute approximate surface area is 99.0 Å². The fourth-order valence-electron chi connectivity index (χ4n) is 2.34. The molecule has 1 aromatic carbocycles. The summed E-state index contributed by atoms with van der Waals surface area (Å²) in [5.41, 5.74) is 2.05. The second-order valence-electron chi connectivity index (χ2n) is 4.42. The molecule has 1 aliphatic rings. The molecule has 1 fully saturated rings. The predicted molar refractivity (Wildman–Crippen MR) is 62.4 cm³/mol. The zero-order chi connectivity index (χ0) is 12.4. The van der Waals surface area contributed by atoms with Crippen LogP contribution in [-0.2, 0) is 4.79 Å². The van der Waals surface area contributed by atoms with Gasteiger partial charge in [0.25, 0.3) is 0 Å². The summed E-state index contributed by atoms with van der Waals surface area (Å²) in [4.78, 5) is 21.7. The Kier molecular flexibility index (Phi) is 3.08. The lowest BCUT2D eigenvalue weighted by Crippen LogP contribution is -2.21. The van der Waals surface area contributed by atoms with E-state index in [4.69, 9.17) is 5.11 Å². The molecule has 0 radical (unpaired) electrons. The van der Waals surface area contributed by atoms with Crippen molar-refractivity contribution in [2.45, 2.75) is 12.8 Å². The highest BCUT2D eigenvalue weighted by molar-refractivity contribution is 5.72. The van der Waals surface area contributed by atoms with E-state index in [0.717, 1.165) is 11.1 Å². The number of hydrogen-bond acceptors (Lipinski definition) is 3. The van der Waals surface area contributed by atoms with Crippen LogP contribution < -0.4 is 0 Å². The number of rotatable bonds is 3. The second kappa shape index (κ2) is 4.53. The Bertz CT molecular complexity index is 447. The maximum atomic E-state index is 11.2. The van der Waals surface area contributed by atoms with Gasteiger partial charge in [-0.05, 0) is 12.5 Å². The van der Waals surface area contributed by atoms with Crippen LogP contribution in [0, 0.1) is 17.7 Å². The van der Waals surface area contributed by atoms with Gasteiger partial charge in [-0.1, -0.05) is 29.8 Å². The fourth-order valence-corrected chi connectivity index (χ4v) is 2.34. The van der Waals surface area contributed by atoms with Crippen LogP contribution >= 0.6 is 0 Å². The number of nitroso groups, excluding NO2 is 1. The van der Waals surface area contributed by atoms with Gasteiger partial charge in [0.05, 0.1) is 17.7 Å². The van der Waals surface area contributed by atoms with Gasteiger partial charge in [0.1, 0.15) is 0 Å². The highest BCUT2D eigenvalue weighted by atomic mass is 16.4. The highest BCUT2D eigenvalue weighted by Gasteiger charge is 2.38. The Hall–Kier alpha value is -1.91. The first kappa shape index (κ1) is 11.6. The molecule has 90 valence electrons. The van der Waals surface area contributed by atoms with Crippen LogP contribution in [0.4, 0.5) is 0 Å². The van der Waals surface area contributed by atoms with Crippen molar-refractivity contribution in [2.75, 3.05) is 13.1 Å². The molecule has 0 spiro atoms. The van der Waals surface area contributed by atoms with E-state index in [0.29, 0.717) is 6.54 Å². The van der Waals surface area contributed by atoms with Crippen LogP contribution in [0.15, 0.2) is 29.6 Å². The van der Waals surface area contributed by atoms with E-state index in [1.54, 1.807) is 0 Å². The van der Waals surface area contributed by atoms with E-state index in [1.165, 1.54) is 5.01 Å². The number of aliphatic carboxylic acids is 1. The first-order valence-corrected chi connectivity index (χ1v) is 5.49. The quantitative estimate of drug-likeness (QED) is 0.809. The van der Waals surface area contributed by atoms with Gasteiger partial charge in [-0.25, -0.2) is 0 Å². The minimum atomic E-state index is -0.873. The van der Waals surface area contributed by atoms with E-state index in [9.17, 15) is 9.70 Å². The summed E-state index contributed by atoms with van der Waals surface area (Å²) in [6.07, 6.45) is 0. The van der Waals surface area contributed by atoms with Crippen LogP contribution in [0.3, 0.4) is 0 Å². The van der Waals surface area contributed by atoms with Crippen molar-refractivity contribution in [2.24, 2.45) is 11.2 Å². The first-order chi connectivity index (χ1) is 8.11. The standard InChI is InChI=1S/C12H14N2O3/c1-8-3-2-4-9(5-8)10-6-14(13-17)7-11(10)12(15)16/h2-5,10-11H,6-7H2,1H3,(H,15,16). The molecule has 0 aliphatic carbocycles. The maximum Gasteiger partial charge on any atom is 0.309 e. The summed E-state index contributed by atoms with van der Waals surface area (Å²) in [6.45, 7) is 2.53. The number of carboxylic acid groups (broad SMARTS) is 1. The lowest BCUT2D eigenvalue weighted by Gasteiger charge is -2.14. The Morgan fingerprint density at radius 1 is 1.47 bits per heavy atom. The molecule has 1 N–H and O–H groups in total. The van der Waals surface area contributed by atoms with Gasteiger partial charge in [-0.2, -0.15) is 0 Å². The summed E-state index contributed by atoms with van der Waals surface area (Å²) in [7, 11) is 0. The molecule has 0 bridgehead atoms. The number of hydrogen-bond donors (Lipinski definition) is 1. The normalized spacial score (nSPS) is 23.7. The molecular formula is C12H14N2O3. The fraction of sp³-hybridized carbons (Fsp3) is 0.417. The third-order valence-corrected chi connectivity index (χ3v) is 3.20. The Morgan fingerprint density at radius 2 is 2.24 bits per heavy atom. The van der Waals surface area contributed by atoms with Crippen molar-refractivity contribution in [1.82, 2.24) is 5.01 Å². The van der Waals surface area contributed by atoms with E-state index >= 15 is 0 Å². The van der Waals surface area contributed by atoms with Crippen LogP contribution in [0.1, 0.15) is 17.0 Å². The molecule has 17 heavy (non-hydrogen) atoms. The minimum absolute atomic E-state index is 0.162. The molecule has 5 nitrogen and oxygen atoms in total. The summed E-state index contributed by atoms with van der Waals surface area (Å²) >= 11 is 0. The van der Waals surface area contributed by atoms with Crippen molar-refractivity contribution in [1.29, 1.82) is 0 Å².